The van der Waals surface area contributed by atoms with Crippen molar-refractivity contribution in [1.29, 1.82) is 0 Å². The maximum absolute atomic E-state index is 13.7. The molecule has 1 amide bonds. The van der Waals surface area contributed by atoms with Crippen LogP contribution in [0.5, 0.6) is 0 Å². The average molecular weight is 423 g/mol. The molecule has 0 radical (unpaired) electrons. The van der Waals surface area contributed by atoms with Gasteiger partial charge in [0.2, 0.25) is 0 Å². The lowest BCUT2D eigenvalue weighted by Crippen LogP contribution is -2.41. The number of amides is 1. The fourth-order valence-corrected chi connectivity index (χ4v) is 5.13. The Kier molecular flexibility index (Phi) is 6.49. The maximum Gasteiger partial charge on any atom is 0.309 e. The second kappa shape index (κ2) is 9.29. The molecule has 2 heterocycles. The summed E-state index contributed by atoms with van der Waals surface area (Å²) in [6, 6.07) is 8.61. The Bertz CT molecular complexity index is 950. The Labute approximate surface area is 185 Å². The third kappa shape index (κ3) is 4.41. The zero-order valence-corrected chi connectivity index (χ0v) is 19.1. The van der Waals surface area contributed by atoms with Gasteiger partial charge in [-0.2, -0.15) is 0 Å². The van der Waals surface area contributed by atoms with Crippen molar-refractivity contribution in [3.8, 4) is 0 Å². The van der Waals surface area contributed by atoms with Crippen LogP contribution in [0, 0.1) is 19.8 Å². The molecule has 0 bridgehead atoms. The van der Waals surface area contributed by atoms with Crippen LogP contribution in [-0.2, 0) is 28.9 Å². The van der Waals surface area contributed by atoms with E-state index in [2.05, 4.69) is 42.7 Å². The normalized spacial score (nSPS) is 16.8. The lowest BCUT2D eigenvalue weighted by molar-refractivity contribution is -0.149. The molecule has 1 aliphatic heterocycles. The van der Waals surface area contributed by atoms with Crippen LogP contribution in [0.2, 0.25) is 0 Å². The van der Waals surface area contributed by atoms with Crippen LogP contribution in [0.3, 0.4) is 0 Å². The minimum Gasteiger partial charge on any atom is -0.466 e. The summed E-state index contributed by atoms with van der Waals surface area (Å²) in [5.74, 6) is -0.0945. The van der Waals surface area contributed by atoms with Gasteiger partial charge in [0.1, 0.15) is 5.69 Å². The Balaban J connectivity index is 1.60. The molecule has 2 aliphatic rings. The molecule has 4 rings (SSSR count). The van der Waals surface area contributed by atoms with E-state index in [1.807, 2.05) is 11.8 Å². The summed E-state index contributed by atoms with van der Waals surface area (Å²) in [6.45, 7) is 8.42. The molecule has 0 N–H and O–H groups in total. The van der Waals surface area contributed by atoms with Gasteiger partial charge in [-0.1, -0.05) is 29.8 Å². The number of piperidine rings is 1. The lowest BCUT2D eigenvalue weighted by Gasteiger charge is -2.31. The van der Waals surface area contributed by atoms with Crippen molar-refractivity contribution in [2.45, 2.75) is 65.8 Å². The molecular formula is C26H34N2O3. The zero-order chi connectivity index (χ0) is 22.0. The van der Waals surface area contributed by atoms with Crippen LogP contribution in [0.1, 0.15) is 71.0 Å². The predicted molar refractivity (Wildman–Crippen MR) is 121 cm³/mol. The molecule has 1 aromatic heterocycles. The summed E-state index contributed by atoms with van der Waals surface area (Å²) < 4.78 is 7.47. The summed E-state index contributed by atoms with van der Waals surface area (Å²) in [7, 11) is 0. The number of ether oxygens (including phenoxy) is 1. The van der Waals surface area contributed by atoms with E-state index in [1.165, 1.54) is 35.2 Å². The molecule has 0 unspecified atom stereocenters. The molecule has 0 spiro atoms. The number of fused-ring (bicyclic) bond motifs is 1. The lowest BCUT2D eigenvalue weighted by atomic mass is 9.94. The fraction of sp³-hybridized carbons (Fsp3) is 0.538. The highest BCUT2D eigenvalue weighted by Gasteiger charge is 2.32. The molecule has 1 saturated heterocycles. The largest absolute Gasteiger partial charge is 0.466 e. The Morgan fingerprint density at radius 1 is 1.03 bits per heavy atom. The third-order valence-electron chi connectivity index (χ3n) is 6.91. The molecule has 1 aromatic carbocycles. The number of aryl methyl sites for hydroxylation is 1. The summed E-state index contributed by atoms with van der Waals surface area (Å²) >= 11 is 0. The second-order valence-corrected chi connectivity index (χ2v) is 9.00. The predicted octanol–water partition coefficient (Wildman–Crippen LogP) is 4.45. The Morgan fingerprint density at radius 3 is 2.39 bits per heavy atom. The van der Waals surface area contributed by atoms with E-state index in [1.54, 1.807) is 0 Å². The van der Waals surface area contributed by atoms with Crippen LogP contribution >= 0.6 is 0 Å². The molecule has 5 nitrogen and oxygen atoms in total. The number of nitrogens with zero attached hydrogens (tertiary/aromatic N) is 2. The third-order valence-corrected chi connectivity index (χ3v) is 6.91. The molecule has 5 heteroatoms. The van der Waals surface area contributed by atoms with E-state index in [0.717, 1.165) is 30.6 Å². The van der Waals surface area contributed by atoms with Gasteiger partial charge < -0.3 is 14.2 Å². The number of hydrogen-bond acceptors (Lipinski definition) is 3. The first kappa shape index (κ1) is 21.7. The van der Waals surface area contributed by atoms with Crippen molar-refractivity contribution in [1.82, 2.24) is 9.47 Å². The minimum atomic E-state index is -0.121. The quantitative estimate of drug-likeness (QED) is 0.669. The number of likely N-dealkylation sites (tertiary alicyclic amines) is 1. The van der Waals surface area contributed by atoms with Crippen LogP contribution in [0.4, 0.5) is 0 Å². The van der Waals surface area contributed by atoms with E-state index in [4.69, 9.17) is 4.74 Å². The Morgan fingerprint density at radius 2 is 1.71 bits per heavy atom. The van der Waals surface area contributed by atoms with Crippen molar-refractivity contribution in [3.63, 3.8) is 0 Å². The van der Waals surface area contributed by atoms with Crippen molar-refractivity contribution >= 4 is 11.9 Å². The average Bonchev–Trinajstić information content (AvgIpc) is 3.07. The number of aromatic nitrogens is 1. The van der Waals surface area contributed by atoms with Crippen LogP contribution in [0.25, 0.3) is 0 Å². The van der Waals surface area contributed by atoms with Crippen molar-refractivity contribution in [3.05, 3.63) is 57.9 Å². The highest BCUT2D eigenvalue weighted by atomic mass is 16.5. The van der Waals surface area contributed by atoms with Gasteiger partial charge in [-0.25, -0.2) is 0 Å². The van der Waals surface area contributed by atoms with E-state index < -0.39 is 0 Å². The standard InChI is InChI=1S/C26H34N2O3/c1-4-31-26(30)21-13-15-27(16-14-21)25(29)24-19(3)22-7-5-6-8-23(22)28(24)17-20-11-9-18(2)10-12-20/h9-12,21H,4-8,13-17H2,1-3H3. The van der Waals surface area contributed by atoms with Crippen molar-refractivity contribution in [2.75, 3.05) is 19.7 Å². The summed E-state index contributed by atoms with van der Waals surface area (Å²) in [5, 5.41) is 0. The first-order valence-electron chi connectivity index (χ1n) is 11.7. The molecule has 2 aromatic rings. The van der Waals surface area contributed by atoms with Gasteiger partial charge in [0.25, 0.3) is 5.91 Å². The van der Waals surface area contributed by atoms with Gasteiger partial charge in [-0.3, -0.25) is 9.59 Å². The number of hydrogen-bond donors (Lipinski definition) is 0. The fourth-order valence-electron chi connectivity index (χ4n) is 5.13. The van der Waals surface area contributed by atoms with Gasteiger partial charge in [-0.05, 0) is 76.0 Å². The zero-order valence-electron chi connectivity index (χ0n) is 19.1. The summed E-state index contributed by atoms with van der Waals surface area (Å²) in [6.07, 6.45) is 5.85. The van der Waals surface area contributed by atoms with E-state index >= 15 is 0 Å². The minimum absolute atomic E-state index is 0.0855. The first-order chi connectivity index (χ1) is 15.0. The smallest absolute Gasteiger partial charge is 0.309 e. The second-order valence-electron chi connectivity index (χ2n) is 9.00. The molecule has 0 saturated carbocycles. The summed E-state index contributed by atoms with van der Waals surface area (Å²) in [4.78, 5) is 27.7. The highest BCUT2D eigenvalue weighted by Crippen LogP contribution is 2.32. The number of esters is 1. The number of carbonyl (C=O) groups excluding carboxylic acids is 2. The molecule has 166 valence electrons. The number of rotatable bonds is 5. The summed E-state index contributed by atoms with van der Waals surface area (Å²) in [5.41, 5.74) is 7.19. The number of benzene rings is 1. The molecule has 31 heavy (non-hydrogen) atoms. The molecular weight excluding hydrogens is 388 g/mol. The van der Waals surface area contributed by atoms with Gasteiger partial charge >= 0.3 is 5.97 Å². The van der Waals surface area contributed by atoms with Crippen LogP contribution < -0.4 is 0 Å². The SMILES string of the molecule is CCOC(=O)C1CCN(C(=O)c2c(C)c3c(n2Cc2ccc(C)cc2)CCCC3)CC1. The molecule has 1 fully saturated rings. The van der Waals surface area contributed by atoms with Crippen LogP contribution in [-0.4, -0.2) is 41.0 Å². The van der Waals surface area contributed by atoms with Gasteiger partial charge in [0.15, 0.2) is 0 Å². The van der Waals surface area contributed by atoms with Gasteiger partial charge in [0, 0.05) is 25.3 Å². The maximum atomic E-state index is 13.7. The van der Waals surface area contributed by atoms with Crippen molar-refractivity contribution in [2.24, 2.45) is 5.92 Å². The highest BCUT2D eigenvalue weighted by molar-refractivity contribution is 5.95. The van der Waals surface area contributed by atoms with Crippen molar-refractivity contribution < 1.29 is 14.3 Å². The first-order valence-corrected chi connectivity index (χ1v) is 11.7. The van der Waals surface area contributed by atoms with Crippen LogP contribution in [0.15, 0.2) is 24.3 Å². The van der Waals surface area contributed by atoms with E-state index in [0.29, 0.717) is 32.5 Å². The van der Waals surface area contributed by atoms with Gasteiger partial charge in [0.05, 0.1) is 12.5 Å². The monoisotopic (exact) mass is 422 g/mol. The van der Waals surface area contributed by atoms with E-state index in [-0.39, 0.29) is 17.8 Å². The molecule has 0 atom stereocenters. The topological polar surface area (TPSA) is 51.5 Å². The van der Waals surface area contributed by atoms with Gasteiger partial charge in [-0.15, -0.1) is 0 Å². The Hall–Kier alpha value is -2.56. The molecule has 1 aliphatic carbocycles. The number of carbonyl (C=O) groups is 2. The van der Waals surface area contributed by atoms with E-state index in [9.17, 15) is 9.59 Å².